The highest BCUT2D eigenvalue weighted by molar-refractivity contribution is 5.74. The largest absolute Gasteiger partial charge is 0.449 e. The van der Waals surface area contributed by atoms with Crippen molar-refractivity contribution in [2.45, 2.75) is 51.2 Å². The first-order chi connectivity index (χ1) is 10.2. The zero-order valence-electron chi connectivity index (χ0n) is 12.4. The number of amides is 1. The number of carbonyl (C=O) groups is 1. The second kappa shape index (κ2) is 5.90. The fourth-order valence-electron chi connectivity index (χ4n) is 3.18. The van der Waals surface area contributed by atoms with Gasteiger partial charge < -0.3 is 9.32 Å². The summed E-state index contributed by atoms with van der Waals surface area (Å²) in [5.74, 6) is 1.39. The lowest BCUT2D eigenvalue weighted by atomic mass is 10.2. The SMILES string of the molecule is CC(=O)N(C[C@H]1CCCN1Cc1ccc(C#N)o1)C1CC1. The third-order valence-electron chi connectivity index (χ3n) is 4.43. The maximum atomic E-state index is 11.8. The van der Waals surface area contributed by atoms with E-state index in [9.17, 15) is 4.79 Å². The van der Waals surface area contributed by atoms with Gasteiger partial charge in [0.2, 0.25) is 11.7 Å². The molecule has 0 aromatic carbocycles. The van der Waals surface area contributed by atoms with Crippen LogP contribution in [0.5, 0.6) is 0 Å². The Kier molecular flexibility index (Phi) is 3.98. The van der Waals surface area contributed by atoms with E-state index in [4.69, 9.17) is 9.68 Å². The summed E-state index contributed by atoms with van der Waals surface area (Å²) in [4.78, 5) is 16.2. The fraction of sp³-hybridized carbons (Fsp3) is 0.625. The Morgan fingerprint density at radius 3 is 2.90 bits per heavy atom. The van der Waals surface area contributed by atoms with Gasteiger partial charge in [-0.05, 0) is 44.4 Å². The molecule has 0 spiro atoms. The molecule has 2 heterocycles. The lowest BCUT2D eigenvalue weighted by Gasteiger charge is -2.30. The molecule has 21 heavy (non-hydrogen) atoms. The number of carbonyl (C=O) groups excluding carboxylic acids is 1. The molecule has 1 amide bonds. The molecule has 1 atom stereocenters. The standard InChI is InChI=1S/C16H21N3O2/c1-12(20)19(13-4-5-13)10-14-3-2-8-18(14)11-16-7-6-15(9-17)21-16/h6-7,13-14H,2-5,8,10-11H2,1H3/t14-/m1/s1. The van der Waals surface area contributed by atoms with Gasteiger partial charge in [-0.15, -0.1) is 0 Å². The van der Waals surface area contributed by atoms with Gasteiger partial charge in [-0.1, -0.05) is 0 Å². The molecule has 2 fully saturated rings. The quantitative estimate of drug-likeness (QED) is 0.832. The number of likely N-dealkylation sites (tertiary alicyclic amines) is 1. The predicted molar refractivity (Wildman–Crippen MR) is 77.3 cm³/mol. The fourth-order valence-corrected chi connectivity index (χ4v) is 3.18. The maximum absolute atomic E-state index is 11.8. The van der Waals surface area contributed by atoms with Gasteiger partial charge >= 0.3 is 0 Å². The second-order valence-electron chi connectivity index (χ2n) is 6.05. The molecule has 0 unspecified atom stereocenters. The minimum atomic E-state index is 0.189. The molecule has 5 nitrogen and oxygen atoms in total. The first-order valence-corrected chi connectivity index (χ1v) is 7.67. The number of furan rings is 1. The van der Waals surface area contributed by atoms with Crippen molar-refractivity contribution in [1.82, 2.24) is 9.80 Å². The van der Waals surface area contributed by atoms with Gasteiger partial charge in [-0.25, -0.2) is 0 Å². The van der Waals surface area contributed by atoms with Crippen molar-refractivity contribution in [3.63, 3.8) is 0 Å². The van der Waals surface area contributed by atoms with E-state index in [0.29, 0.717) is 17.8 Å². The molecule has 112 valence electrons. The van der Waals surface area contributed by atoms with Gasteiger partial charge in [0.15, 0.2) is 0 Å². The van der Waals surface area contributed by atoms with E-state index in [1.165, 1.54) is 0 Å². The Bertz CT molecular complexity index is 556. The smallest absolute Gasteiger partial charge is 0.219 e. The lowest BCUT2D eigenvalue weighted by molar-refractivity contribution is -0.130. The van der Waals surface area contributed by atoms with Crippen molar-refractivity contribution >= 4 is 5.91 Å². The molecule has 0 radical (unpaired) electrons. The van der Waals surface area contributed by atoms with E-state index >= 15 is 0 Å². The van der Waals surface area contributed by atoms with Crippen LogP contribution in [0, 0.1) is 11.3 Å². The van der Waals surface area contributed by atoms with Gasteiger partial charge in [0.05, 0.1) is 6.54 Å². The minimum Gasteiger partial charge on any atom is -0.449 e. The van der Waals surface area contributed by atoms with E-state index < -0.39 is 0 Å². The summed E-state index contributed by atoms with van der Waals surface area (Å²) in [7, 11) is 0. The first-order valence-electron chi connectivity index (χ1n) is 7.67. The van der Waals surface area contributed by atoms with Crippen LogP contribution in [0.3, 0.4) is 0 Å². The van der Waals surface area contributed by atoms with Crippen molar-refractivity contribution in [1.29, 1.82) is 5.26 Å². The summed E-state index contributed by atoms with van der Waals surface area (Å²) in [6.07, 6.45) is 4.58. The number of rotatable bonds is 5. The van der Waals surface area contributed by atoms with Crippen molar-refractivity contribution in [3.05, 3.63) is 23.7 Å². The monoisotopic (exact) mass is 287 g/mol. The normalized spacial score (nSPS) is 22.2. The molecular formula is C16H21N3O2. The Hall–Kier alpha value is -1.80. The van der Waals surface area contributed by atoms with Crippen LogP contribution in [0.15, 0.2) is 16.5 Å². The molecule has 0 N–H and O–H groups in total. The highest BCUT2D eigenvalue weighted by atomic mass is 16.3. The van der Waals surface area contributed by atoms with Crippen molar-refractivity contribution in [2.24, 2.45) is 0 Å². The van der Waals surface area contributed by atoms with E-state index in [1.807, 2.05) is 17.0 Å². The summed E-state index contributed by atoms with van der Waals surface area (Å²) in [6.45, 7) is 4.25. The number of nitrogens with zero attached hydrogens (tertiary/aromatic N) is 3. The van der Waals surface area contributed by atoms with Crippen LogP contribution in [0.2, 0.25) is 0 Å². The third-order valence-corrected chi connectivity index (χ3v) is 4.43. The van der Waals surface area contributed by atoms with Crippen LogP contribution in [-0.4, -0.2) is 40.9 Å². The summed E-state index contributed by atoms with van der Waals surface area (Å²) >= 11 is 0. The highest BCUT2D eigenvalue weighted by Crippen LogP contribution is 2.29. The molecule has 5 heteroatoms. The molecule has 1 saturated heterocycles. The molecule has 1 aromatic rings. The second-order valence-corrected chi connectivity index (χ2v) is 6.05. The molecule has 1 aliphatic heterocycles. The molecule has 3 rings (SSSR count). The highest BCUT2D eigenvalue weighted by Gasteiger charge is 2.35. The van der Waals surface area contributed by atoms with Crippen LogP contribution in [0.1, 0.15) is 44.1 Å². The number of hydrogen-bond acceptors (Lipinski definition) is 4. The summed E-state index contributed by atoms with van der Waals surface area (Å²) in [5, 5.41) is 8.81. The zero-order valence-corrected chi connectivity index (χ0v) is 12.4. The first kappa shape index (κ1) is 14.2. The van der Waals surface area contributed by atoms with E-state index in [2.05, 4.69) is 4.90 Å². The molecular weight excluding hydrogens is 266 g/mol. The number of hydrogen-bond donors (Lipinski definition) is 0. The van der Waals surface area contributed by atoms with Crippen molar-refractivity contribution < 1.29 is 9.21 Å². The van der Waals surface area contributed by atoms with Crippen LogP contribution in [0.4, 0.5) is 0 Å². The van der Waals surface area contributed by atoms with E-state index in [-0.39, 0.29) is 5.91 Å². The molecule has 0 bridgehead atoms. The molecule has 1 aromatic heterocycles. The van der Waals surface area contributed by atoms with Gasteiger partial charge in [-0.2, -0.15) is 5.26 Å². The molecule has 1 aliphatic carbocycles. The Labute approximate surface area is 125 Å². The van der Waals surface area contributed by atoms with Crippen molar-refractivity contribution in [2.75, 3.05) is 13.1 Å². The topological polar surface area (TPSA) is 60.5 Å². The van der Waals surface area contributed by atoms with Crippen LogP contribution < -0.4 is 0 Å². The van der Waals surface area contributed by atoms with Crippen LogP contribution in [0.25, 0.3) is 0 Å². The Morgan fingerprint density at radius 1 is 1.48 bits per heavy atom. The molecule has 1 saturated carbocycles. The average molecular weight is 287 g/mol. The summed E-state index contributed by atoms with van der Waals surface area (Å²) < 4.78 is 5.47. The summed E-state index contributed by atoms with van der Waals surface area (Å²) in [6, 6.07) is 6.48. The minimum absolute atomic E-state index is 0.189. The van der Waals surface area contributed by atoms with Gasteiger partial charge in [0, 0.05) is 25.6 Å². The number of nitriles is 1. The van der Waals surface area contributed by atoms with E-state index in [1.54, 1.807) is 13.0 Å². The zero-order chi connectivity index (χ0) is 14.8. The average Bonchev–Trinajstić information content (AvgIpc) is 3.04. The van der Waals surface area contributed by atoms with E-state index in [0.717, 1.165) is 51.1 Å². The van der Waals surface area contributed by atoms with Gasteiger partial charge in [-0.3, -0.25) is 9.69 Å². The lowest BCUT2D eigenvalue weighted by Crippen LogP contribution is -2.43. The van der Waals surface area contributed by atoms with Crippen molar-refractivity contribution in [3.8, 4) is 6.07 Å². The molecule has 2 aliphatic rings. The van der Waals surface area contributed by atoms with Crippen LogP contribution in [-0.2, 0) is 11.3 Å². The predicted octanol–water partition coefficient (Wildman–Crippen LogP) is 2.13. The van der Waals surface area contributed by atoms with Crippen LogP contribution >= 0.6 is 0 Å². The Balaban J connectivity index is 1.62. The Morgan fingerprint density at radius 2 is 2.29 bits per heavy atom. The van der Waals surface area contributed by atoms with Gasteiger partial charge in [0.1, 0.15) is 11.8 Å². The van der Waals surface area contributed by atoms with Gasteiger partial charge in [0.25, 0.3) is 0 Å². The summed E-state index contributed by atoms with van der Waals surface area (Å²) in [5.41, 5.74) is 0. The maximum Gasteiger partial charge on any atom is 0.219 e. The third kappa shape index (κ3) is 3.27.